The fourth-order valence-corrected chi connectivity index (χ4v) is 2.59. The number of fused-ring (bicyclic) bond motifs is 3. The van der Waals surface area contributed by atoms with E-state index >= 15 is 0 Å². The molecule has 5 heteroatoms. The first-order valence-corrected chi connectivity index (χ1v) is 7.46. The summed E-state index contributed by atoms with van der Waals surface area (Å²) in [6.45, 7) is 5.71. The summed E-state index contributed by atoms with van der Waals surface area (Å²) in [4.78, 5) is 12.5. The van der Waals surface area contributed by atoms with Crippen LogP contribution in [0.15, 0.2) is 54.7 Å². The minimum Gasteiger partial charge on any atom is -0.477 e. The van der Waals surface area contributed by atoms with E-state index in [1.807, 2.05) is 41.7 Å². The van der Waals surface area contributed by atoms with E-state index in [2.05, 4.69) is 6.58 Å². The SMILES string of the molecule is C=C(C)COC(=O)c1c2ccccc2n2cc(OCC#N)ccc12. The van der Waals surface area contributed by atoms with Crippen LogP contribution in [0, 0.1) is 11.3 Å². The molecule has 0 unspecified atom stereocenters. The normalized spacial score (nSPS) is 10.5. The number of nitriles is 1. The lowest BCUT2D eigenvalue weighted by Gasteiger charge is -2.05. The van der Waals surface area contributed by atoms with E-state index in [1.165, 1.54) is 0 Å². The van der Waals surface area contributed by atoms with E-state index in [-0.39, 0.29) is 19.2 Å². The zero-order valence-electron chi connectivity index (χ0n) is 13.3. The van der Waals surface area contributed by atoms with Crippen LogP contribution in [0.5, 0.6) is 5.75 Å². The number of benzene rings is 1. The van der Waals surface area contributed by atoms with Gasteiger partial charge < -0.3 is 13.9 Å². The second-order valence-electron chi connectivity index (χ2n) is 5.49. The predicted molar refractivity (Wildman–Crippen MR) is 91.1 cm³/mol. The van der Waals surface area contributed by atoms with Gasteiger partial charge in [-0.05, 0) is 30.7 Å². The molecule has 2 heterocycles. The summed E-state index contributed by atoms with van der Waals surface area (Å²) in [7, 11) is 0. The lowest BCUT2D eigenvalue weighted by Crippen LogP contribution is -2.07. The molecule has 1 aromatic carbocycles. The zero-order valence-corrected chi connectivity index (χ0v) is 13.3. The van der Waals surface area contributed by atoms with Crippen molar-refractivity contribution in [2.45, 2.75) is 6.92 Å². The van der Waals surface area contributed by atoms with Gasteiger partial charge in [-0.1, -0.05) is 24.8 Å². The first-order chi connectivity index (χ1) is 11.6. The van der Waals surface area contributed by atoms with Gasteiger partial charge in [0, 0.05) is 5.39 Å². The third kappa shape index (κ3) is 2.82. The van der Waals surface area contributed by atoms with Gasteiger partial charge in [0.1, 0.15) is 18.4 Å². The highest BCUT2D eigenvalue weighted by molar-refractivity contribution is 6.11. The van der Waals surface area contributed by atoms with Gasteiger partial charge in [-0.2, -0.15) is 5.26 Å². The zero-order chi connectivity index (χ0) is 17.1. The first-order valence-electron chi connectivity index (χ1n) is 7.46. The summed E-state index contributed by atoms with van der Waals surface area (Å²) in [5.74, 6) is 0.175. The maximum Gasteiger partial charge on any atom is 0.341 e. The molecule has 0 spiro atoms. The minimum atomic E-state index is -0.387. The lowest BCUT2D eigenvalue weighted by atomic mass is 10.1. The average molecular weight is 320 g/mol. The molecule has 0 saturated carbocycles. The van der Waals surface area contributed by atoms with Crippen LogP contribution in [0.25, 0.3) is 16.4 Å². The Balaban J connectivity index is 2.14. The number of pyridine rings is 1. The number of para-hydroxylation sites is 1. The third-order valence-corrected chi connectivity index (χ3v) is 3.57. The highest BCUT2D eigenvalue weighted by Gasteiger charge is 2.19. The van der Waals surface area contributed by atoms with Gasteiger partial charge in [0.2, 0.25) is 0 Å². The van der Waals surface area contributed by atoms with Crippen LogP contribution in [-0.4, -0.2) is 23.6 Å². The van der Waals surface area contributed by atoms with Gasteiger partial charge >= 0.3 is 5.97 Å². The van der Waals surface area contributed by atoms with Crippen LogP contribution in [0.3, 0.4) is 0 Å². The minimum absolute atomic E-state index is 0.0295. The third-order valence-electron chi connectivity index (χ3n) is 3.57. The van der Waals surface area contributed by atoms with Crippen molar-refractivity contribution >= 4 is 22.4 Å². The highest BCUT2D eigenvalue weighted by Crippen LogP contribution is 2.29. The number of hydrogen-bond donors (Lipinski definition) is 0. The molecule has 3 rings (SSSR count). The molecule has 0 saturated heterocycles. The van der Waals surface area contributed by atoms with Crippen LogP contribution in [-0.2, 0) is 4.74 Å². The quantitative estimate of drug-likeness (QED) is 0.531. The van der Waals surface area contributed by atoms with Gasteiger partial charge in [0.25, 0.3) is 0 Å². The maximum atomic E-state index is 12.5. The standard InChI is InChI=1S/C19H16N2O3/c1-13(2)12-24-19(22)18-15-5-3-4-6-16(15)21-11-14(23-10-9-20)7-8-17(18)21/h3-8,11H,1,10,12H2,2H3. The molecule has 0 fully saturated rings. The Kier molecular flexibility index (Phi) is 4.21. The van der Waals surface area contributed by atoms with Crippen LogP contribution < -0.4 is 4.74 Å². The van der Waals surface area contributed by atoms with Crippen molar-refractivity contribution in [2.24, 2.45) is 0 Å². The molecule has 0 amide bonds. The van der Waals surface area contributed by atoms with Gasteiger partial charge in [-0.25, -0.2) is 4.79 Å². The van der Waals surface area contributed by atoms with E-state index in [9.17, 15) is 4.79 Å². The molecule has 2 aromatic heterocycles. The topological polar surface area (TPSA) is 63.7 Å². The van der Waals surface area contributed by atoms with Crippen molar-refractivity contribution in [1.29, 1.82) is 5.26 Å². The number of carbonyl (C=O) groups excluding carboxylic acids is 1. The van der Waals surface area contributed by atoms with Crippen molar-refractivity contribution < 1.29 is 14.3 Å². The van der Waals surface area contributed by atoms with Crippen molar-refractivity contribution in [2.75, 3.05) is 13.2 Å². The summed E-state index contributed by atoms with van der Waals surface area (Å²) in [6.07, 6.45) is 1.77. The van der Waals surface area contributed by atoms with E-state index in [0.29, 0.717) is 11.3 Å². The molecule has 0 atom stereocenters. The Morgan fingerprint density at radius 3 is 2.79 bits per heavy atom. The second kappa shape index (κ2) is 6.47. The lowest BCUT2D eigenvalue weighted by molar-refractivity contribution is 0.0545. The molecule has 0 N–H and O–H groups in total. The van der Waals surface area contributed by atoms with Crippen molar-refractivity contribution in [3.63, 3.8) is 0 Å². The first kappa shape index (κ1) is 15.6. The van der Waals surface area contributed by atoms with Gasteiger partial charge in [0.05, 0.1) is 22.8 Å². The Morgan fingerprint density at radius 1 is 1.25 bits per heavy atom. The van der Waals surface area contributed by atoms with Gasteiger partial charge in [-0.3, -0.25) is 0 Å². The fraction of sp³-hybridized carbons (Fsp3) is 0.158. The van der Waals surface area contributed by atoms with Crippen molar-refractivity contribution in [1.82, 2.24) is 4.40 Å². The van der Waals surface area contributed by atoms with Crippen molar-refractivity contribution in [3.05, 3.63) is 60.3 Å². The molecule has 0 bridgehead atoms. The molecule has 0 aliphatic rings. The number of carbonyl (C=O) groups is 1. The Bertz CT molecular complexity index is 979. The number of hydrogen-bond acceptors (Lipinski definition) is 4. The smallest absolute Gasteiger partial charge is 0.341 e. The van der Waals surface area contributed by atoms with Gasteiger partial charge in [0.15, 0.2) is 6.61 Å². The molecule has 0 aliphatic carbocycles. The van der Waals surface area contributed by atoms with Crippen molar-refractivity contribution in [3.8, 4) is 11.8 Å². The summed E-state index contributed by atoms with van der Waals surface area (Å²) in [5, 5.41) is 9.45. The van der Waals surface area contributed by atoms with E-state index in [0.717, 1.165) is 22.0 Å². The summed E-state index contributed by atoms with van der Waals surface area (Å²) < 4.78 is 12.6. The predicted octanol–water partition coefficient (Wildman–Crippen LogP) is 3.73. The summed E-state index contributed by atoms with van der Waals surface area (Å²) in [5.41, 5.74) is 2.89. The molecule has 120 valence electrons. The number of ether oxygens (including phenoxy) is 2. The Labute approximate surface area is 139 Å². The average Bonchev–Trinajstić information content (AvgIpc) is 2.91. The monoisotopic (exact) mass is 320 g/mol. The molecular weight excluding hydrogens is 304 g/mol. The molecule has 5 nitrogen and oxygen atoms in total. The summed E-state index contributed by atoms with van der Waals surface area (Å²) >= 11 is 0. The maximum absolute atomic E-state index is 12.5. The second-order valence-corrected chi connectivity index (χ2v) is 5.49. The molecule has 3 aromatic rings. The van der Waals surface area contributed by atoms with Crippen LogP contribution >= 0.6 is 0 Å². The largest absolute Gasteiger partial charge is 0.477 e. The van der Waals surface area contributed by atoms with E-state index in [4.69, 9.17) is 14.7 Å². The number of esters is 1. The molecular formula is C19H16N2O3. The Morgan fingerprint density at radius 2 is 2.04 bits per heavy atom. The highest BCUT2D eigenvalue weighted by atomic mass is 16.5. The number of aromatic nitrogens is 1. The van der Waals surface area contributed by atoms with Crippen LogP contribution in [0.1, 0.15) is 17.3 Å². The summed E-state index contributed by atoms with van der Waals surface area (Å²) in [6, 6.07) is 13.1. The molecule has 24 heavy (non-hydrogen) atoms. The van der Waals surface area contributed by atoms with E-state index < -0.39 is 0 Å². The van der Waals surface area contributed by atoms with Crippen LogP contribution in [0.4, 0.5) is 0 Å². The fourth-order valence-electron chi connectivity index (χ4n) is 2.59. The number of nitrogens with zero attached hydrogens (tertiary/aromatic N) is 2. The van der Waals surface area contributed by atoms with E-state index in [1.54, 1.807) is 18.3 Å². The van der Waals surface area contributed by atoms with Crippen LogP contribution in [0.2, 0.25) is 0 Å². The molecule has 0 aliphatic heterocycles. The molecule has 0 radical (unpaired) electrons. The van der Waals surface area contributed by atoms with Gasteiger partial charge in [-0.15, -0.1) is 0 Å². The Hall–Kier alpha value is -3.26. The number of rotatable bonds is 5.